The highest BCUT2D eigenvalue weighted by Crippen LogP contribution is 2.46. The minimum Gasteiger partial charge on any atom is -0.303 e. The first-order chi connectivity index (χ1) is 8.35. The summed E-state index contributed by atoms with van der Waals surface area (Å²) in [6.07, 6.45) is 14.3. The predicted octanol–water partition coefficient (Wildman–Crippen LogP) is 4.44. The summed E-state index contributed by atoms with van der Waals surface area (Å²) in [5.74, 6) is 0.840. The van der Waals surface area contributed by atoms with Gasteiger partial charge in [-0.2, -0.15) is 0 Å². The van der Waals surface area contributed by atoms with Crippen LogP contribution in [0.4, 0.5) is 0 Å². The molecule has 1 spiro atoms. The summed E-state index contributed by atoms with van der Waals surface area (Å²) < 4.78 is 0. The van der Waals surface area contributed by atoms with E-state index in [0.29, 0.717) is 0 Å². The smallest absolute Gasteiger partial charge is 0.0223 e. The zero-order valence-corrected chi connectivity index (χ0v) is 12.0. The third kappa shape index (κ3) is 4.13. The molecule has 0 aromatic rings. The molecule has 0 N–H and O–H groups in total. The second-order valence-corrected chi connectivity index (χ2v) is 6.53. The molecule has 100 valence electrons. The first-order valence-corrected chi connectivity index (χ1v) is 8.16. The molecule has 0 amide bonds. The molecule has 2 rings (SSSR count). The van der Waals surface area contributed by atoms with Gasteiger partial charge in [0.1, 0.15) is 0 Å². The maximum absolute atomic E-state index is 5.69. The van der Waals surface area contributed by atoms with Crippen LogP contribution in [-0.2, 0) is 0 Å². The molecule has 1 saturated carbocycles. The van der Waals surface area contributed by atoms with Crippen LogP contribution in [0.1, 0.15) is 64.2 Å². The van der Waals surface area contributed by atoms with E-state index >= 15 is 0 Å². The first kappa shape index (κ1) is 13.7. The summed E-state index contributed by atoms with van der Waals surface area (Å²) in [6.45, 7) is 4.07. The Balaban J connectivity index is 1.56. The maximum atomic E-state index is 5.69. The number of halogens is 1. The lowest BCUT2D eigenvalue weighted by Crippen LogP contribution is -2.39. The van der Waals surface area contributed by atoms with Gasteiger partial charge >= 0.3 is 0 Å². The molecular weight excluding hydrogens is 230 g/mol. The van der Waals surface area contributed by atoms with E-state index in [1.54, 1.807) is 0 Å². The Morgan fingerprint density at radius 3 is 2.12 bits per heavy atom. The lowest BCUT2D eigenvalue weighted by Gasteiger charge is -2.39. The fraction of sp³-hybridized carbons (Fsp3) is 1.00. The summed E-state index contributed by atoms with van der Waals surface area (Å²) in [5.41, 5.74) is 0.787. The maximum Gasteiger partial charge on any atom is 0.0223 e. The van der Waals surface area contributed by atoms with Crippen molar-refractivity contribution >= 4 is 11.6 Å². The minimum absolute atomic E-state index is 0.787. The van der Waals surface area contributed by atoms with Crippen molar-refractivity contribution in [1.82, 2.24) is 4.90 Å². The van der Waals surface area contributed by atoms with Crippen molar-refractivity contribution in [1.29, 1.82) is 0 Å². The second kappa shape index (κ2) is 6.99. The van der Waals surface area contributed by atoms with Gasteiger partial charge in [-0.25, -0.2) is 0 Å². The van der Waals surface area contributed by atoms with Crippen LogP contribution < -0.4 is 0 Å². The third-order valence-electron chi connectivity index (χ3n) is 4.94. The summed E-state index contributed by atoms with van der Waals surface area (Å²) in [4.78, 5) is 2.70. The molecule has 1 nitrogen and oxygen atoms in total. The fourth-order valence-corrected chi connectivity index (χ4v) is 3.85. The molecule has 1 saturated heterocycles. The highest BCUT2D eigenvalue weighted by Gasteiger charge is 2.36. The number of hydrogen-bond acceptors (Lipinski definition) is 1. The Morgan fingerprint density at radius 2 is 1.47 bits per heavy atom. The van der Waals surface area contributed by atoms with Crippen LogP contribution in [-0.4, -0.2) is 30.4 Å². The SMILES string of the molecule is ClCCCCCCN1CCC2(CCCC2)CC1. The van der Waals surface area contributed by atoms with E-state index in [2.05, 4.69) is 4.90 Å². The van der Waals surface area contributed by atoms with Gasteiger partial charge in [-0.3, -0.25) is 0 Å². The lowest BCUT2D eigenvalue weighted by atomic mass is 9.77. The predicted molar refractivity (Wildman–Crippen MR) is 75.8 cm³/mol. The average molecular weight is 258 g/mol. The summed E-state index contributed by atoms with van der Waals surface area (Å²) in [7, 11) is 0. The number of nitrogens with zero attached hydrogens (tertiary/aromatic N) is 1. The summed E-state index contributed by atoms with van der Waals surface area (Å²) in [5, 5.41) is 0. The molecule has 1 aliphatic carbocycles. The second-order valence-electron chi connectivity index (χ2n) is 6.15. The van der Waals surface area contributed by atoms with E-state index in [9.17, 15) is 0 Å². The summed E-state index contributed by atoms with van der Waals surface area (Å²) in [6, 6.07) is 0. The molecule has 0 aromatic heterocycles. The number of rotatable bonds is 6. The van der Waals surface area contributed by atoms with Crippen molar-refractivity contribution in [2.24, 2.45) is 5.41 Å². The van der Waals surface area contributed by atoms with Crippen molar-refractivity contribution in [3.05, 3.63) is 0 Å². The summed E-state index contributed by atoms with van der Waals surface area (Å²) >= 11 is 5.69. The van der Waals surface area contributed by atoms with Crippen molar-refractivity contribution < 1.29 is 0 Å². The molecule has 0 radical (unpaired) electrons. The molecule has 0 unspecified atom stereocenters. The molecule has 17 heavy (non-hydrogen) atoms. The van der Waals surface area contributed by atoms with E-state index in [0.717, 1.165) is 11.3 Å². The standard InChI is InChI=1S/C15H28ClN/c16-11-5-1-2-6-12-17-13-9-15(10-14-17)7-3-4-8-15/h1-14H2. The van der Waals surface area contributed by atoms with Crippen LogP contribution >= 0.6 is 11.6 Å². The minimum atomic E-state index is 0.787. The van der Waals surface area contributed by atoms with Gasteiger partial charge < -0.3 is 4.90 Å². The van der Waals surface area contributed by atoms with Gasteiger partial charge in [-0.1, -0.05) is 25.7 Å². The monoisotopic (exact) mass is 257 g/mol. The van der Waals surface area contributed by atoms with Gasteiger partial charge in [0.15, 0.2) is 0 Å². The molecule has 2 aliphatic rings. The van der Waals surface area contributed by atoms with Gasteiger partial charge in [0, 0.05) is 5.88 Å². The van der Waals surface area contributed by atoms with Crippen LogP contribution in [0.2, 0.25) is 0 Å². The Labute approximate surface area is 112 Å². The number of piperidine rings is 1. The van der Waals surface area contributed by atoms with E-state index in [1.165, 1.54) is 83.8 Å². The molecule has 0 aromatic carbocycles. The lowest BCUT2D eigenvalue weighted by molar-refractivity contribution is 0.107. The highest BCUT2D eigenvalue weighted by molar-refractivity contribution is 6.17. The van der Waals surface area contributed by atoms with Gasteiger partial charge in [0.05, 0.1) is 0 Å². The highest BCUT2D eigenvalue weighted by atomic mass is 35.5. The Kier molecular flexibility index (Phi) is 5.62. The van der Waals surface area contributed by atoms with Crippen LogP contribution in [0, 0.1) is 5.41 Å². The van der Waals surface area contributed by atoms with Crippen molar-refractivity contribution in [2.45, 2.75) is 64.2 Å². The Hall–Kier alpha value is 0.250. The largest absolute Gasteiger partial charge is 0.303 e. The number of alkyl halides is 1. The first-order valence-electron chi connectivity index (χ1n) is 7.63. The Morgan fingerprint density at radius 1 is 0.824 bits per heavy atom. The van der Waals surface area contributed by atoms with Gasteiger partial charge in [0.2, 0.25) is 0 Å². The van der Waals surface area contributed by atoms with Crippen molar-refractivity contribution in [2.75, 3.05) is 25.5 Å². The average Bonchev–Trinajstić information content (AvgIpc) is 2.80. The van der Waals surface area contributed by atoms with Gasteiger partial charge in [-0.05, 0) is 63.6 Å². The molecular formula is C15H28ClN. The van der Waals surface area contributed by atoms with Gasteiger partial charge in [0.25, 0.3) is 0 Å². The number of unbranched alkanes of at least 4 members (excludes halogenated alkanes) is 3. The van der Waals surface area contributed by atoms with Crippen molar-refractivity contribution in [3.63, 3.8) is 0 Å². The molecule has 0 bridgehead atoms. The van der Waals surface area contributed by atoms with Crippen LogP contribution in [0.3, 0.4) is 0 Å². The Bertz CT molecular complexity index is 201. The number of hydrogen-bond donors (Lipinski definition) is 0. The van der Waals surface area contributed by atoms with Crippen LogP contribution in [0.5, 0.6) is 0 Å². The third-order valence-corrected chi connectivity index (χ3v) is 5.21. The normalized spacial score (nSPS) is 24.5. The molecule has 1 aliphatic heterocycles. The molecule has 2 heteroatoms. The van der Waals surface area contributed by atoms with E-state index in [4.69, 9.17) is 11.6 Å². The van der Waals surface area contributed by atoms with E-state index in [1.807, 2.05) is 0 Å². The van der Waals surface area contributed by atoms with Crippen molar-refractivity contribution in [3.8, 4) is 0 Å². The van der Waals surface area contributed by atoms with Crippen LogP contribution in [0.15, 0.2) is 0 Å². The van der Waals surface area contributed by atoms with Gasteiger partial charge in [-0.15, -0.1) is 11.6 Å². The zero-order chi connectivity index (χ0) is 12.0. The zero-order valence-electron chi connectivity index (χ0n) is 11.2. The molecule has 2 fully saturated rings. The topological polar surface area (TPSA) is 3.24 Å². The molecule has 1 heterocycles. The van der Waals surface area contributed by atoms with Crippen LogP contribution in [0.25, 0.3) is 0 Å². The fourth-order valence-electron chi connectivity index (χ4n) is 3.66. The quantitative estimate of drug-likeness (QED) is 0.502. The molecule has 0 atom stereocenters. The number of likely N-dealkylation sites (tertiary alicyclic amines) is 1. The van der Waals surface area contributed by atoms with E-state index in [-0.39, 0.29) is 0 Å². The van der Waals surface area contributed by atoms with E-state index < -0.39 is 0 Å².